The van der Waals surface area contributed by atoms with Crippen molar-refractivity contribution < 1.29 is 0 Å². The molecule has 0 unspecified atom stereocenters. The summed E-state index contributed by atoms with van der Waals surface area (Å²) in [6, 6.07) is 10.2. The van der Waals surface area contributed by atoms with E-state index in [-0.39, 0.29) is 0 Å². The summed E-state index contributed by atoms with van der Waals surface area (Å²) in [5.74, 6) is 0.497. The molecule has 2 nitrogen and oxygen atoms in total. The van der Waals surface area contributed by atoms with Gasteiger partial charge >= 0.3 is 0 Å². The van der Waals surface area contributed by atoms with Gasteiger partial charge < -0.3 is 0 Å². The van der Waals surface area contributed by atoms with E-state index in [1.807, 2.05) is 41.6 Å². The molecular weight excluding hydrogens is 244 g/mol. The molecule has 1 heterocycles. The second-order valence-corrected chi connectivity index (χ2v) is 4.42. The molecule has 0 bridgehead atoms. The van der Waals surface area contributed by atoms with E-state index in [2.05, 4.69) is 29.7 Å². The Bertz CT molecular complexity index is 553. The van der Waals surface area contributed by atoms with Crippen LogP contribution in [0.2, 0.25) is 0 Å². The van der Waals surface area contributed by atoms with Gasteiger partial charge in [0.2, 0.25) is 0 Å². The van der Waals surface area contributed by atoms with Gasteiger partial charge in [-0.15, -0.1) is 11.6 Å². The van der Waals surface area contributed by atoms with Crippen LogP contribution in [-0.2, 0) is 0 Å². The predicted molar refractivity (Wildman–Crippen MR) is 76.2 cm³/mol. The van der Waals surface area contributed by atoms with Crippen LogP contribution in [0.3, 0.4) is 0 Å². The molecule has 0 radical (unpaired) electrons. The second-order valence-electron chi connectivity index (χ2n) is 4.15. The molecule has 1 aromatic rings. The first-order valence-electron chi connectivity index (χ1n) is 5.85. The fraction of sp³-hybridized carbons (Fsp3) is 0.0667. The first kappa shape index (κ1) is 11.2. The lowest BCUT2D eigenvalue weighted by atomic mass is 10.1. The third-order valence-electron chi connectivity index (χ3n) is 2.97. The maximum atomic E-state index is 6.02. The molecular formula is C15H13ClN2. The van der Waals surface area contributed by atoms with Gasteiger partial charge in [-0.25, -0.2) is 0 Å². The molecule has 1 aliphatic heterocycles. The zero-order valence-corrected chi connectivity index (χ0v) is 10.6. The van der Waals surface area contributed by atoms with Crippen molar-refractivity contribution in [1.82, 2.24) is 5.43 Å². The summed E-state index contributed by atoms with van der Waals surface area (Å²) in [6.07, 6.45) is 10.3. The highest BCUT2D eigenvalue weighted by atomic mass is 35.5. The molecule has 2 aliphatic rings. The molecule has 0 amide bonds. The van der Waals surface area contributed by atoms with Crippen LogP contribution in [0.4, 0.5) is 5.69 Å². The third-order valence-corrected chi connectivity index (χ3v) is 3.26. The van der Waals surface area contributed by atoms with Crippen molar-refractivity contribution in [3.05, 3.63) is 77.7 Å². The minimum Gasteiger partial charge on any atom is -0.293 e. The lowest BCUT2D eigenvalue weighted by Crippen LogP contribution is -2.27. The maximum Gasteiger partial charge on any atom is 0.0677 e. The number of anilines is 1. The van der Waals surface area contributed by atoms with Gasteiger partial charge in [-0.3, -0.25) is 10.4 Å². The van der Waals surface area contributed by atoms with Crippen LogP contribution in [-0.4, -0.2) is 5.88 Å². The van der Waals surface area contributed by atoms with Gasteiger partial charge in [-0.1, -0.05) is 42.5 Å². The van der Waals surface area contributed by atoms with Gasteiger partial charge in [-0.2, -0.15) is 0 Å². The van der Waals surface area contributed by atoms with Gasteiger partial charge in [0, 0.05) is 11.8 Å². The summed E-state index contributed by atoms with van der Waals surface area (Å²) in [7, 11) is 0. The standard InChI is InChI=1S/C15H13ClN2/c16-10-13-11-18(14-8-2-1-3-9-14)17-15(13)12-6-4-5-7-12/h1-9,11,17H,10H2. The summed E-state index contributed by atoms with van der Waals surface area (Å²) < 4.78 is 0. The van der Waals surface area contributed by atoms with Gasteiger partial charge in [0.05, 0.1) is 17.3 Å². The quantitative estimate of drug-likeness (QED) is 0.815. The Morgan fingerprint density at radius 1 is 1.06 bits per heavy atom. The molecule has 0 spiro atoms. The second kappa shape index (κ2) is 4.75. The van der Waals surface area contributed by atoms with Crippen molar-refractivity contribution in [2.24, 2.45) is 0 Å². The molecule has 0 fully saturated rings. The number of alkyl halides is 1. The third kappa shape index (κ3) is 1.95. The Labute approximate surface area is 112 Å². The van der Waals surface area contributed by atoms with Crippen molar-refractivity contribution >= 4 is 17.3 Å². The van der Waals surface area contributed by atoms with E-state index < -0.39 is 0 Å². The van der Waals surface area contributed by atoms with Gasteiger partial charge in [0.25, 0.3) is 0 Å². The SMILES string of the molecule is ClCC1=CN(c2ccccc2)NC1=C1C=CC=C1. The van der Waals surface area contributed by atoms with Crippen LogP contribution in [0, 0.1) is 0 Å². The highest BCUT2D eigenvalue weighted by molar-refractivity contribution is 6.20. The average Bonchev–Trinajstić information content (AvgIpc) is 3.08. The largest absolute Gasteiger partial charge is 0.293 e. The van der Waals surface area contributed by atoms with E-state index in [9.17, 15) is 0 Å². The Morgan fingerprint density at radius 2 is 1.78 bits per heavy atom. The number of para-hydroxylation sites is 1. The number of hydrogen-bond acceptors (Lipinski definition) is 2. The van der Waals surface area contributed by atoms with E-state index >= 15 is 0 Å². The fourth-order valence-corrected chi connectivity index (χ4v) is 2.27. The van der Waals surface area contributed by atoms with E-state index in [0.29, 0.717) is 5.88 Å². The number of nitrogens with one attached hydrogen (secondary N) is 1. The Balaban J connectivity index is 1.95. The van der Waals surface area contributed by atoms with Crippen molar-refractivity contribution in [1.29, 1.82) is 0 Å². The van der Waals surface area contributed by atoms with Crippen LogP contribution < -0.4 is 10.4 Å². The van der Waals surface area contributed by atoms with E-state index in [1.54, 1.807) is 0 Å². The average molecular weight is 257 g/mol. The van der Waals surface area contributed by atoms with Crippen LogP contribution >= 0.6 is 11.6 Å². The number of rotatable bonds is 2. The van der Waals surface area contributed by atoms with Crippen LogP contribution in [0.15, 0.2) is 77.7 Å². The van der Waals surface area contributed by atoms with Gasteiger partial charge in [0.15, 0.2) is 0 Å². The number of halogens is 1. The number of allylic oxidation sites excluding steroid dienone is 6. The first-order chi connectivity index (χ1) is 8.88. The minimum atomic E-state index is 0.497. The van der Waals surface area contributed by atoms with Crippen LogP contribution in [0.25, 0.3) is 0 Å². The number of hydrazine groups is 1. The molecule has 1 aliphatic carbocycles. The smallest absolute Gasteiger partial charge is 0.0677 e. The normalized spacial score (nSPS) is 17.4. The molecule has 18 heavy (non-hydrogen) atoms. The molecule has 0 atom stereocenters. The summed E-state index contributed by atoms with van der Waals surface area (Å²) in [5, 5.41) is 2.00. The molecule has 1 aromatic carbocycles. The van der Waals surface area contributed by atoms with Crippen LogP contribution in [0.1, 0.15) is 0 Å². The van der Waals surface area contributed by atoms with Gasteiger partial charge in [-0.05, 0) is 17.7 Å². The van der Waals surface area contributed by atoms with E-state index in [0.717, 1.165) is 17.0 Å². The van der Waals surface area contributed by atoms with E-state index in [4.69, 9.17) is 11.6 Å². The molecule has 90 valence electrons. The lowest BCUT2D eigenvalue weighted by Gasteiger charge is -2.17. The van der Waals surface area contributed by atoms with E-state index in [1.165, 1.54) is 5.57 Å². The molecule has 0 saturated carbocycles. The topological polar surface area (TPSA) is 15.3 Å². The van der Waals surface area contributed by atoms with Gasteiger partial charge in [0.1, 0.15) is 0 Å². The summed E-state index contributed by atoms with van der Waals surface area (Å²) in [4.78, 5) is 0. The van der Waals surface area contributed by atoms with Crippen molar-refractivity contribution in [2.75, 3.05) is 10.9 Å². The Morgan fingerprint density at radius 3 is 2.44 bits per heavy atom. The number of nitrogens with zero attached hydrogens (tertiary/aromatic N) is 1. The molecule has 3 heteroatoms. The lowest BCUT2D eigenvalue weighted by molar-refractivity contribution is 0.874. The fourth-order valence-electron chi connectivity index (χ4n) is 2.06. The maximum absolute atomic E-state index is 6.02. The molecule has 3 rings (SSSR count). The minimum absolute atomic E-state index is 0.497. The van der Waals surface area contributed by atoms with Crippen molar-refractivity contribution in [3.63, 3.8) is 0 Å². The summed E-state index contributed by atoms with van der Waals surface area (Å²) in [6.45, 7) is 0. The Kier molecular flexibility index (Phi) is 2.95. The predicted octanol–water partition coefficient (Wildman–Crippen LogP) is 3.51. The summed E-state index contributed by atoms with van der Waals surface area (Å²) >= 11 is 6.02. The molecule has 0 aromatic heterocycles. The summed E-state index contributed by atoms with van der Waals surface area (Å²) in [5.41, 5.74) is 7.84. The molecule has 1 N–H and O–H groups in total. The number of hydrogen-bond donors (Lipinski definition) is 1. The number of benzene rings is 1. The zero-order valence-electron chi connectivity index (χ0n) is 9.81. The van der Waals surface area contributed by atoms with Crippen molar-refractivity contribution in [3.8, 4) is 0 Å². The first-order valence-corrected chi connectivity index (χ1v) is 6.39. The molecule has 0 saturated heterocycles. The Hall–Kier alpha value is -1.93. The zero-order chi connectivity index (χ0) is 12.4. The highest BCUT2D eigenvalue weighted by Gasteiger charge is 2.20. The van der Waals surface area contributed by atoms with Crippen molar-refractivity contribution in [2.45, 2.75) is 0 Å². The highest BCUT2D eigenvalue weighted by Crippen LogP contribution is 2.27. The van der Waals surface area contributed by atoms with Crippen LogP contribution in [0.5, 0.6) is 0 Å². The monoisotopic (exact) mass is 256 g/mol.